The Bertz CT molecular complexity index is 962. The summed E-state index contributed by atoms with van der Waals surface area (Å²) in [5.41, 5.74) is 0.564. The maximum atomic E-state index is 13.8. The molecule has 0 radical (unpaired) electrons. The fourth-order valence-electron chi connectivity index (χ4n) is 2.66. The third-order valence-corrected chi connectivity index (χ3v) is 4.70. The summed E-state index contributed by atoms with van der Waals surface area (Å²) >= 11 is 1.20. The van der Waals surface area contributed by atoms with Gasteiger partial charge in [-0.05, 0) is 45.0 Å². The number of aromatic nitrogens is 1. The molecule has 8 heteroatoms. The minimum absolute atomic E-state index is 0.236. The summed E-state index contributed by atoms with van der Waals surface area (Å²) in [5, 5.41) is 3.03. The fraction of sp³-hybridized carbons (Fsp3) is 0.300. The number of benzene rings is 2. The Balaban J connectivity index is 1.93. The average molecular weight is 404 g/mol. The molecule has 0 aliphatic carbocycles. The second kappa shape index (κ2) is 8.88. The molecule has 3 rings (SSSR count). The number of carbonyl (C=O) groups excluding carboxylic acids is 1. The second-order valence-corrected chi connectivity index (χ2v) is 6.69. The number of para-hydroxylation sites is 1. The number of fused-ring (bicyclic) bond motifs is 1. The molecule has 0 bridgehead atoms. The zero-order chi connectivity index (χ0) is 20.1. The van der Waals surface area contributed by atoms with Gasteiger partial charge in [0.15, 0.2) is 16.6 Å². The van der Waals surface area contributed by atoms with Gasteiger partial charge in [0.25, 0.3) is 5.91 Å². The number of rotatable bonds is 8. The molecule has 0 saturated carbocycles. The van der Waals surface area contributed by atoms with Gasteiger partial charge in [0.05, 0.1) is 24.5 Å². The number of carbonyl (C=O) groups is 1. The Morgan fingerprint density at radius 2 is 1.71 bits per heavy atom. The molecular formula is C20H21FN2O4S. The lowest BCUT2D eigenvalue weighted by Gasteiger charge is -2.16. The smallest absolute Gasteiger partial charge is 0.257 e. The van der Waals surface area contributed by atoms with Gasteiger partial charge in [-0.15, -0.1) is 0 Å². The summed E-state index contributed by atoms with van der Waals surface area (Å²) in [6, 6.07) is 7.89. The lowest BCUT2D eigenvalue weighted by atomic mass is 10.1. The van der Waals surface area contributed by atoms with E-state index < -0.39 is 11.7 Å². The third kappa shape index (κ3) is 4.17. The monoisotopic (exact) mass is 404 g/mol. The van der Waals surface area contributed by atoms with Gasteiger partial charge in [0.1, 0.15) is 11.3 Å². The number of amides is 1. The highest BCUT2D eigenvalue weighted by Gasteiger charge is 2.19. The maximum absolute atomic E-state index is 13.8. The Kier molecular flexibility index (Phi) is 6.30. The van der Waals surface area contributed by atoms with Crippen molar-refractivity contribution in [1.82, 2.24) is 4.98 Å². The van der Waals surface area contributed by atoms with Crippen molar-refractivity contribution in [3.05, 3.63) is 41.7 Å². The van der Waals surface area contributed by atoms with Crippen molar-refractivity contribution in [3.63, 3.8) is 0 Å². The van der Waals surface area contributed by atoms with Crippen LogP contribution in [-0.4, -0.2) is 30.7 Å². The molecule has 148 valence electrons. The van der Waals surface area contributed by atoms with Gasteiger partial charge in [-0.2, -0.15) is 0 Å². The Morgan fingerprint density at radius 1 is 1.07 bits per heavy atom. The van der Waals surface area contributed by atoms with Crippen LogP contribution in [0.25, 0.3) is 10.2 Å². The predicted octanol–water partition coefficient (Wildman–Crippen LogP) is 4.88. The first kappa shape index (κ1) is 19.9. The molecule has 1 aromatic heterocycles. The molecule has 3 aromatic rings. The predicted molar refractivity (Wildman–Crippen MR) is 107 cm³/mol. The molecule has 1 N–H and O–H groups in total. The largest absolute Gasteiger partial charge is 0.490 e. The highest BCUT2D eigenvalue weighted by molar-refractivity contribution is 7.22. The van der Waals surface area contributed by atoms with Crippen molar-refractivity contribution in [2.75, 3.05) is 25.1 Å². The molecule has 0 spiro atoms. The Morgan fingerprint density at radius 3 is 2.29 bits per heavy atom. The van der Waals surface area contributed by atoms with E-state index in [1.54, 1.807) is 24.3 Å². The quantitative estimate of drug-likeness (QED) is 0.579. The third-order valence-electron chi connectivity index (χ3n) is 3.76. The normalized spacial score (nSPS) is 10.7. The zero-order valence-electron chi connectivity index (χ0n) is 15.9. The number of nitrogens with zero attached hydrogens (tertiary/aromatic N) is 1. The summed E-state index contributed by atoms with van der Waals surface area (Å²) in [5.74, 6) is 0.494. The van der Waals surface area contributed by atoms with Crippen LogP contribution in [-0.2, 0) is 0 Å². The minimum Gasteiger partial charge on any atom is -0.490 e. The van der Waals surface area contributed by atoms with Gasteiger partial charge < -0.3 is 14.2 Å². The minimum atomic E-state index is -0.424. The standard InChI is InChI=1S/C20H21FN2O4S/c1-4-25-14-10-12(11-15(26-5-2)18(14)27-6-3)19(24)23-20-22-17-13(21)8-7-9-16(17)28-20/h7-11H,4-6H2,1-3H3,(H,22,23,24). The summed E-state index contributed by atoms with van der Waals surface area (Å²) in [6.07, 6.45) is 0. The summed E-state index contributed by atoms with van der Waals surface area (Å²) in [7, 11) is 0. The van der Waals surface area contributed by atoms with Crippen molar-refractivity contribution in [2.24, 2.45) is 0 Å². The summed E-state index contributed by atoms with van der Waals surface area (Å²) in [4.78, 5) is 16.9. The molecule has 0 unspecified atom stereocenters. The number of nitrogens with one attached hydrogen (secondary N) is 1. The van der Waals surface area contributed by atoms with Crippen LogP contribution in [0.3, 0.4) is 0 Å². The van der Waals surface area contributed by atoms with E-state index in [0.717, 1.165) is 0 Å². The first-order valence-corrected chi connectivity index (χ1v) is 9.81. The first-order valence-electron chi connectivity index (χ1n) is 9.00. The molecule has 1 heterocycles. The maximum Gasteiger partial charge on any atom is 0.257 e. The fourth-order valence-corrected chi connectivity index (χ4v) is 3.53. The van der Waals surface area contributed by atoms with Crippen molar-refractivity contribution in [2.45, 2.75) is 20.8 Å². The van der Waals surface area contributed by atoms with Crippen LogP contribution in [0.15, 0.2) is 30.3 Å². The van der Waals surface area contributed by atoms with Crippen LogP contribution in [0, 0.1) is 5.82 Å². The van der Waals surface area contributed by atoms with Crippen LogP contribution in [0.1, 0.15) is 31.1 Å². The van der Waals surface area contributed by atoms with E-state index in [4.69, 9.17) is 14.2 Å². The Labute approximate surface area is 166 Å². The molecule has 0 saturated heterocycles. The number of thiazole rings is 1. The van der Waals surface area contributed by atoms with Gasteiger partial charge in [-0.1, -0.05) is 17.4 Å². The first-order chi connectivity index (χ1) is 13.6. The van der Waals surface area contributed by atoms with E-state index in [1.165, 1.54) is 17.4 Å². The average Bonchev–Trinajstić information content (AvgIpc) is 3.08. The van der Waals surface area contributed by atoms with Gasteiger partial charge in [-0.3, -0.25) is 10.1 Å². The Hall–Kier alpha value is -2.87. The van der Waals surface area contributed by atoms with Crippen molar-refractivity contribution >= 4 is 32.6 Å². The molecule has 0 aliphatic rings. The summed E-state index contributed by atoms with van der Waals surface area (Å²) in [6.45, 7) is 6.81. The van der Waals surface area contributed by atoms with Gasteiger partial charge >= 0.3 is 0 Å². The number of halogens is 1. The molecule has 0 fully saturated rings. The molecule has 2 aromatic carbocycles. The van der Waals surface area contributed by atoms with E-state index in [1.807, 2.05) is 20.8 Å². The van der Waals surface area contributed by atoms with E-state index in [0.29, 0.717) is 52.5 Å². The molecule has 1 amide bonds. The second-order valence-electron chi connectivity index (χ2n) is 5.66. The highest BCUT2D eigenvalue weighted by Crippen LogP contribution is 2.39. The molecular weight excluding hydrogens is 383 g/mol. The molecule has 0 aliphatic heterocycles. The number of hydrogen-bond donors (Lipinski definition) is 1. The van der Waals surface area contributed by atoms with Gasteiger partial charge in [0, 0.05) is 5.56 Å². The van der Waals surface area contributed by atoms with Gasteiger partial charge in [0.2, 0.25) is 5.75 Å². The van der Waals surface area contributed by atoms with Crippen molar-refractivity contribution < 1.29 is 23.4 Å². The number of hydrogen-bond acceptors (Lipinski definition) is 6. The van der Waals surface area contributed by atoms with Crippen molar-refractivity contribution in [1.29, 1.82) is 0 Å². The topological polar surface area (TPSA) is 69.7 Å². The highest BCUT2D eigenvalue weighted by atomic mass is 32.1. The summed E-state index contributed by atoms with van der Waals surface area (Å²) < 4.78 is 31.4. The van der Waals surface area contributed by atoms with Gasteiger partial charge in [-0.25, -0.2) is 9.37 Å². The van der Waals surface area contributed by atoms with Crippen LogP contribution in [0.4, 0.5) is 9.52 Å². The van der Waals surface area contributed by atoms with Crippen LogP contribution >= 0.6 is 11.3 Å². The molecule has 28 heavy (non-hydrogen) atoms. The zero-order valence-corrected chi connectivity index (χ0v) is 16.7. The van der Waals surface area contributed by atoms with Crippen molar-refractivity contribution in [3.8, 4) is 17.2 Å². The van der Waals surface area contributed by atoms with Crippen LogP contribution in [0.2, 0.25) is 0 Å². The molecule has 0 atom stereocenters. The molecule has 6 nitrogen and oxygen atoms in total. The number of ether oxygens (including phenoxy) is 3. The van der Waals surface area contributed by atoms with E-state index in [9.17, 15) is 9.18 Å². The number of anilines is 1. The van der Waals surface area contributed by atoms with E-state index in [-0.39, 0.29) is 5.52 Å². The van der Waals surface area contributed by atoms with E-state index >= 15 is 0 Å². The lowest BCUT2D eigenvalue weighted by molar-refractivity contribution is 0.102. The van der Waals surface area contributed by atoms with Crippen LogP contribution < -0.4 is 19.5 Å². The van der Waals surface area contributed by atoms with Crippen LogP contribution in [0.5, 0.6) is 17.2 Å². The van der Waals surface area contributed by atoms with E-state index in [2.05, 4.69) is 10.3 Å². The lowest BCUT2D eigenvalue weighted by Crippen LogP contribution is -2.13. The SMILES string of the molecule is CCOc1cc(C(=O)Nc2nc3c(F)cccc3s2)cc(OCC)c1OCC.